The van der Waals surface area contributed by atoms with Gasteiger partial charge in [-0.15, -0.1) is 0 Å². The van der Waals surface area contributed by atoms with Crippen molar-refractivity contribution in [3.63, 3.8) is 0 Å². The second kappa shape index (κ2) is 5.87. The first-order valence-corrected chi connectivity index (χ1v) is 6.56. The minimum Gasteiger partial charge on any atom is -0.465 e. The van der Waals surface area contributed by atoms with Crippen LogP contribution < -0.4 is 5.73 Å². The van der Waals surface area contributed by atoms with Gasteiger partial charge in [0.1, 0.15) is 5.82 Å². The van der Waals surface area contributed by atoms with Gasteiger partial charge >= 0.3 is 5.97 Å². The second-order valence-electron chi connectivity index (χ2n) is 3.86. The normalized spacial score (nSPS) is 10.4. The van der Waals surface area contributed by atoms with Crippen LogP contribution in [0.5, 0.6) is 0 Å². The fraction of sp³-hybridized carbons (Fsp3) is 0.0769. The molecule has 20 heavy (non-hydrogen) atoms. The number of nitrogens with zero attached hydrogens (tertiary/aromatic N) is 1. The van der Waals surface area contributed by atoms with Crippen molar-refractivity contribution in [3.05, 3.63) is 45.0 Å². The molecular weight excluding hydrogens is 323 g/mol. The van der Waals surface area contributed by atoms with Crippen LogP contribution in [0.2, 0.25) is 15.1 Å². The lowest BCUT2D eigenvalue weighted by Crippen LogP contribution is -2.07. The zero-order valence-corrected chi connectivity index (χ0v) is 12.6. The number of halogens is 3. The fourth-order valence-corrected chi connectivity index (χ4v) is 2.36. The molecule has 2 rings (SSSR count). The number of hydrogen-bond acceptors (Lipinski definition) is 4. The number of aromatic nitrogens is 1. The predicted octanol–water partition coefficient (Wildman–Crippen LogP) is 4.08. The van der Waals surface area contributed by atoms with Crippen LogP contribution in [0.3, 0.4) is 0 Å². The number of esters is 1. The molecule has 0 amide bonds. The van der Waals surface area contributed by atoms with Gasteiger partial charge in [-0.2, -0.15) is 0 Å². The zero-order chi connectivity index (χ0) is 14.9. The molecule has 0 unspecified atom stereocenters. The Labute approximate surface area is 130 Å². The molecule has 2 N–H and O–H groups in total. The van der Waals surface area contributed by atoms with E-state index in [9.17, 15) is 4.79 Å². The van der Waals surface area contributed by atoms with E-state index >= 15 is 0 Å². The quantitative estimate of drug-likeness (QED) is 0.665. The monoisotopic (exact) mass is 330 g/mol. The molecule has 7 heteroatoms. The Balaban J connectivity index is 2.72. The lowest BCUT2D eigenvalue weighted by Gasteiger charge is -2.11. The number of hydrogen-bond donors (Lipinski definition) is 1. The molecule has 1 heterocycles. The molecule has 1 aromatic heterocycles. The van der Waals surface area contributed by atoms with E-state index in [-0.39, 0.29) is 26.4 Å². The highest BCUT2D eigenvalue weighted by Gasteiger charge is 2.18. The Morgan fingerprint density at radius 3 is 2.40 bits per heavy atom. The molecule has 0 atom stereocenters. The Hall–Kier alpha value is -1.49. The van der Waals surface area contributed by atoms with E-state index in [1.165, 1.54) is 19.4 Å². The molecule has 0 aliphatic carbocycles. The number of ether oxygens (including phenoxy) is 1. The van der Waals surface area contributed by atoms with Gasteiger partial charge < -0.3 is 10.5 Å². The van der Waals surface area contributed by atoms with E-state index in [2.05, 4.69) is 4.98 Å². The van der Waals surface area contributed by atoms with Crippen molar-refractivity contribution >= 4 is 46.6 Å². The van der Waals surface area contributed by atoms with Gasteiger partial charge in [0.15, 0.2) is 0 Å². The van der Waals surface area contributed by atoms with Crippen molar-refractivity contribution in [2.24, 2.45) is 0 Å². The topological polar surface area (TPSA) is 65.2 Å². The first-order valence-electron chi connectivity index (χ1n) is 5.43. The number of nitrogens with two attached hydrogens (primary N) is 1. The highest BCUT2D eigenvalue weighted by atomic mass is 35.5. The second-order valence-corrected chi connectivity index (χ2v) is 5.06. The van der Waals surface area contributed by atoms with Gasteiger partial charge in [-0.1, -0.05) is 34.8 Å². The summed E-state index contributed by atoms with van der Waals surface area (Å²) in [4.78, 5) is 15.8. The lowest BCUT2D eigenvalue weighted by atomic mass is 10.0. The average Bonchev–Trinajstić information content (AvgIpc) is 2.43. The highest BCUT2D eigenvalue weighted by Crippen LogP contribution is 2.37. The summed E-state index contributed by atoms with van der Waals surface area (Å²) in [5.41, 5.74) is 7.06. The number of benzene rings is 1. The number of methoxy groups -OCH3 is 1. The van der Waals surface area contributed by atoms with Crippen molar-refractivity contribution < 1.29 is 9.53 Å². The summed E-state index contributed by atoms with van der Waals surface area (Å²) in [5.74, 6) is -0.362. The molecule has 0 spiro atoms. The molecule has 0 saturated heterocycles. The zero-order valence-electron chi connectivity index (χ0n) is 10.3. The molecule has 104 valence electrons. The molecule has 0 saturated carbocycles. The number of nitrogen functional groups attached to an aromatic ring is 1. The van der Waals surface area contributed by atoms with E-state index in [0.29, 0.717) is 11.1 Å². The Morgan fingerprint density at radius 1 is 1.25 bits per heavy atom. The van der Waals surface area contributed by atoms with Crippen LogP contribution in [0.4, 0.5) is 5.82 Å². The van der Waals surface area contributed by atoms with E-state index in [1.807, 2.05) is 0 Å². The van der Waals surface area contributed by atoms with Crippen LogP contribution in [0, 0.1) is 0 Å². The summed E-state index contributed by atoms with van der Waals surface area (Å²) in [5, 5.41) is 0.751. The molecule has 4 nitrogen and oxygen atoms in total. The molecule has 0 aliphatic rings. The smallest absolute Gasteiger partial charge is 0.338 e. The first-order chi connectivity index (χ1) is 9.45. The largest absolute Gasteiger partial charge is 0.465 e. The predicted molar refractivity (Wildman–Crippen MR) is 80.5 cm³/mol. The molecule has 0 bridgehead atoms. The van der Waals surface area contributed by atoms with Gasteiger partial charge in [0.05, 0.1) is 27.7 Å². The van der Waals surface area contributed by atoms with E-state index < -0.39 is 5.97 Å². The maximum absolute atomic E-state index is 11.8. The summed E-state index contributed by atoms with van der Waals surface area (Å²) in [6.45, 7) is 0. The standard InChI is InChI=1S/C13H9Cl3N2O2/c1-20-13(19)7-2-3-18-12(17)10(7)6-4-8(14)11(16)9(15)5-6/h2-5H,1H3,(H2,17,18). The third-order valence-electron chi connectivity index (χ3n) is 2.66. The van der Waals surface area contributed by atoms with Crippen molar-refractivity contribution in [3.8, 4) is 11.1 Å². The van der Waals surface area contributed by atoms with Gasteiger partial charge in [-0.25, -0.2) is 9.78 Å². The van der Waals surface area contributed by atoms with Gasteiger partial charge in [0.2, 0.25) is 0 Å². The third-order valence-corrected chi connectivity index (χ3v) is 3.85. The number of pyridine rings is 1. The van der Waals surface area contributed by atoms with Gasteiger partial charge in [0, 0.05) is 11.8 Å². The minimum absolute atomic E-state index is 0.169. The Kier molecular flexibility index (Phi) is 4.38. The summed E-state index contributed by atoms with van der Waals surface area (Å²) in [7, 11) is 1.28. The molecule has 0 fully saturated rings. The molecule has 0 aliphatic heterocycles. The molecule has 1 aromatic carbocycles. The van der Waals surface area contributed by atoms with Gasteiger partial charge in [-0.05, 0) is 23.8 Å². The van der Waals surface area contributed by atoms with Crippen LogP contribution in [0.1, 0.15) is 10.4 Å². The SMILES string of the molecule is COC(=O)c1ccnc(N)c1-c1cc(Cl)c(Cl)c(Cl)c1. The van der Waals surface area contributed by atoms with Crippen molar-refractivity contribution in [1.29, 1.82) is 0 Å². The molecule has 2 aromatic rings. The van der Waals surface area contributed by atoms with Crippen molar-refractivity contribution in [1.82, 2.24) is 4.98 Å². The van der Waals surface area contributed by atoms with Crippen LogP contribution >= 0.6 is 34.8 Å². The van der Waals surface area contributed by atoms with E-state index in [1.54, 1.807) is 12.1 Å². The fourth-order valence-electron chi connectivity index (χ4n) is 1.76. The summed E-state index contributed by atoms with van der Waals surface area (Å²) < 4.78 is 4.72. The average molecular weight is 332 g/mol. The summed E-state index contributed by atoms with van der Waals surface area (Å²) >= 11 is 17.9. The van der Waals surface area contributed by atoms with Crippen molar-refractivity contribution in [2.75, 3.05) is 12.8 Å². The Morgan fingerprint density at radius 2 is 1.85 bits per heavy atom. The van der Waals surface area contributed by atoms with Crippen LogP contribution in [0.15, 0.2) is 24.4 Å². The number of rotatable bonds is 2. The maximum Gasteiger partial charge on any atom is 0.338 e. The van der Waals surface area contributed by atoms with Crippen LogP contribution in [-0.4, -0.2) is 18.1 Å². The van der Waals surface area contributed by atoms with E-state index in [4.69, 9.17) is 45.3 Å². The summed E-state index contributed by atoms with van der Waals surface area (Å²) in [6, 6.07) is 4.64. The van der Waals surface area contributed by atoms with Gasteiger partial charge in [-0.3, -0.25) is 0 Å². The van der Waals surface area contributed by atoms with Crippen LogP contribution in [-0.2, 0) is 4.74 Å². The lowest BCUT2D eigenvalue weighted by molar-refractivity contribution is 0.0601. The minimum atomic E-state index is -0.531. The maximum atomic E-state index is 11.8. The van der Waals surface area contributed by atoms with E-state index in [0.717, 1.165) is 0 Å². The number of carbonyl (C=O) groups is 1. The number of carbonyl (C=O) groups excluding carboxylic acids is 1. The van der Waals surface area contributed by atoms with Crippen molar-refractivity contribution in [2.45, 2.75) is 0 Å². The number of anilines is 1. The molecular formula is C13H9Cl3N2O2. The first kappa shape index (κ1) is 14.9. The van der Waals surface area contributed by atoms with Gasteiger partial charge in [0.25, 0.3) is 0 Å². The Bertz CT molecular complexity index is 666. The third kappa shape index (κ3) is 2.68. The van der Waals surface area contributed by atoms with Crippen LogP contribution in [0.25, 0.3) is 11.1 Å². The highest BCUT2D eigenvalue weighted by molar-refractivity contribution is 6.48. The molecule has 0 radical (unpaired) electrons. The summed E-state index contributed by atoms with van der Waals surface area (Å²) in [6.07, 6.45) is 1.42.